The molecule has 96 valence electrons. The average Bonchev–Trinajstić information content (AvgIpc) is 2.26. The van der Waals surface area contributed by atoms with E-state index in [9.17, 15) is 4.79 Å². The van der Waals surface area contributed by atoms with Crippen molar-refractivity contribution < 1.29 is 4.79 Å². The van der Waals surface area contributed by atoms with Gasteiger partial charge in [0, 0.05) is 18.5 Å². The standard InChI is InChI=1S/C16H21NO/c1-12(2)13-3-5-14(6-4-13)15-7-16(8-15)9-17(10-16)11-18/h3-6,11-12,15H,7-10H2,1-2H3. The molecule has 2 nitrogen and oxygen atoms in total. The summed E-state index contributed by atoms with van der Waals surface area (Å²) in [5.41, 5.74) is 3.38. The van der Waals surface area contributed by atoms with Gasteiger partial charge in [-0.15, -0.1) is 0 Å². The number of rotatable bonds is 3. The smallest absolute Gasteiger partial charge is 0.209 e. The Balaban J connectivity index is 1.60. The third-order valence-corrected chi connectivity index (χ3v) is 4.66. The maximum atomic E-state index is 10.6. The predicted octanol–water partition coefficient (Wildman–Crippen LogP) is 3.15. The highest BCUT2D eigenvalue weighted by Gasteiger charge is 2.52. The molecule has 0 unspecified atom stereocenters. The van der Waals surface area contributed by atoms with Crippen LogP contribution >= 0.6 is 0 Å². The summed E-state index contributed by atoms with van der Waals surface area (Å²) >= 11 is 0. The summed E-state index contributed by atoms with van der Waals surface area (Å²) in [4.78, 5) is 12.5. The first-order chi connectivity index (χ1) is 8.62. The van der Waals surface area contributed by atoms with Crippen LogP contribution in [0.15, 0.2) is 24.3 Å². The molecule has 1 amide bonds. The maximum absolute atomic E-state index is 10.6. The number of benzene rings is 1. The van der Waals surface area contributed by atoms with Crippen LogP contribution in [-0.2, 0) is 4.79 Å². The molecule has 2 fully saturated rings. The number of hydrogen-bond acceptors (Lipinski definition) is 1. The first-order valence-corrected chi connectivity index (χ1v) is 6.91. The van der Waals surface area contributed by atoms with Crippen LogP contribution in [0.5, 0.6) is 0 Å². The van der Waals surface area contributed by atoms with E-state index >= 15 is 0 Å². The Kier molecular flexibility index (Phi) is 2.69. The molecule has 0 bridgehead atoms. The Hall–Kier alpha value is -1.31. The second kappa shape index (κ2) is 4.11. The third kappa shape index (κ3) is 1.84. The zero-order valence-electron chi connectivity index (χ0n) is 11.2. The van der Waals surface area contributed by atoms with Gasteiger partial charge in [-0.2, -0.15) is 0 Å². The molecule has 1 aromatic carbocycles. The molecule has 2 aliphatic rings. The highest BCUT2D eigenvalue weighted by atomic mass is 16.1. The normalized spacial score (nSPS) is 21.8. The van der Waals surface area contributed by atoms with Crippen LogP contribution < -0.4 is 0 Å². The van der Waals surface area contributed by atoms with E-state index in [4.69, 9.17) is 0 Å². The van der Waals surface area contributed by atoms with Gasteiger partial charge in [0.2, 0.25) is 6.41 Å². The molecular formula is C16H21NO. The average molecular weight is 243 g/mol. The fraction of sp³-hybridized carbons (Fsp3) is 0.562. The minimum Gasteiger partial charge on any atom is -0.344 e. The minimum atomic E-state index is 0.475. The van der Waals surface area contributed by atoms with Gasteiger partial charge in [-0.25, -0.2) is 0 Å². The van der Waals surface area contributed by atoms with E-state index in [1.165, 1.54) is 24.0 Å². The Bertz CT molecular complexity index is 435. The summed E-state index contributed by atoms with van der Waals surface area (Å²) in [6.45, 7) is 6.43. The van der Waals surface area contributed by atoms with Crippen LogP contribution in [0.2, 0.25) is 0 Å². The topological polar surface area (TPSA) is 20.3 Å². The highest BCUT2D eigenvalue weighted by Crippen LogP contribution is 2.55. The fourth-order valence-corrected chi connectivity index (χ4v) is 3.52. The molecule has 18 heavy (non-hydrogen) atoms. The number of nitrogens with zero attached hydrogens (tertiary/aromatic N) is 1. The fourth-order valence-electron chi connectivity index (χ4n) is 3.52. The van der Waals surface area contributed by atoms with Crippen LogP contribution in [-0.4, -0.2) is 24.4 Å². The maximum Gasteiger partial charge on any atom is 0.209 e. The van der Waals surface area contributed by atoms with Gasteiger partial charge in [0.05, 0.1) is 0 Å². The zero-order chi connectivity index (χ0) is 12.8. The summed E-state index contributed by atoms with van der Waals surface area (Å²) in [5.74, 6) is 1.33. The molecule has 1 aliphatic carbocycles. The molecule has 3 rings (SSSR count). The van der Waals surface area contributed by atoms with E-state index in [1.54, 1.807) is 0 Å². The summed E-state index contributed by atoms with van der Waals surface area (Å²) in [6, 6.07) is 9.12. The van der Waals surface area contributed by atoms with E-state index in [0.29, 0.717) is 11.3 Å². The number of carbonyl (C=O) groups is 1. The summed E-state index contributed by atoms with van der Waals surface area (Å²) in [6.07, 6.45) is 3.51. The van der Waals surface area contributed by atoms with Crippen molar-refractivity contribution in [1.29, 1.82) is 0 Å². The van der Waals surface area contributed by atoms with E-state index in [0.717, 1.165) is 25.4 Å². The molecule has 1 aliphatic heterocycles. The van der Waals surface area contributed by atoms with Gasteiger partial charge in [-0.3, -0.25) is 4.79 Å². The van der Waals surface area contributed by atoms with Crippen molar-refractivity contribution in [3.8, 4) is 0 Å². The summed E-state index contributed by atoms with van der Waals surface area (Å²) < 4.78 is 0. The molecule has 2 heteroatoms. The zero-order valence-corrected chi connectivity index (χ0v) is 11.2. The molecule has 0 aromatic heterocycles. The van der Waals surface area contributed by atoms with Crippen LogP contribution in [0.4, 0.5) is 0 Å². The molecule has 1 aromatic rings. The third-order valence-electron chi connectivity index (χ3n) is 4.66. The van der Waals surface area contributed by atoms with Crippen molar-refractivity contribution in [3.63, 3.8) is 0 Å². The van der Waals surface area contributed by atoms with Crippen LogP contribution in [0, 0.1) is 5.41 Å². The van der Waals surface area contributed by atoms with Gasteiger partial charge in [0.1, 0.15) is 0 Å². The number of amides is 1. The second-order valence-electron chi connectivity index (χ2n) is 6.44. The summed E-state index contributed by atoms with van der Waals surface area (Å²) in [7, 11) is 0. The Morgan fingerprint density at radius 3 is 2.33 bits per heavy atom. The van der Waals surface area contributed by atoms with E-state index in [2.05, 4.69) is 38.1 Å². The predicted molar refractivity (Wildman–Crippen MR) is 72.6 cm³/mol. The monoisotopic (exact) mass is 243 g/mol. The molecule has 1 heterocycles. The van der Waals surface area contributed by atoms with Crippen LogP contribution in [0.1, 0.15) is 49.7 Å². The Labute approximate surface area is 109 Å². The van der Waals surface area contributed by atoms with Crippen molar-refractivity contribution in [1.82, 2.24) is 4.90 Å². The van der Waals surface area contributed by atoms with Crippen molar-refractivity contribution in [2.75, 3.05) is 13.1 Å². The van der Waals surface area contributed by atoms with E-state index in [1.807, 2.05) is 4.90 Å². The van der Waals surface area contributed by atoms with E-state index < -0.39 is 0 Å². The lowest BCUT2D eigenvalue weighted by Crippen LogP contribution is -2.60. The Morgan fingerprint density at radius 1 is 1.22 bits per heavy atom. The molecule has 1 saturated carbocycles. The first kappa shape index (κ1) is 11.8. The van der Waals surface area contributed by atoms with Crippen LogP contribution in [0.25, 0.3) is 0 Å². The summed E-state index contributed by atoms with van der Waals surface area (Å²) in [5, 5.41) is 0. The van der Waals surface area contributed by atoms with Gasteiger partial charge in [-0.1, -0.05) is 38.1 Å². The number of hydrogen-bond donors (Lipinski definition) is 0. The highest BCUT2D eigenvalue weighted by molar-refractivity contribution is 5.50. The van der Waals surface area contributed by atoms with Crippen LogP contribution in [0.3, 0.4) is 0 Å². The molecule has 1 spiro atoms. The van der Waals surface area contributed by atoms with Gasteiger partial charge in [-0.05, 0) is 35.8 Å². The molecule has 0 radical (unpaired) electrons. The van der Waals surface area contributed by atoms with Crippen molar-refractivity contribution >= 4 is 6.41 Å². The van der Waals surface area contributed by atoms with Gasteiger partial charge in [0.25, 0.3) is 0 Å². The van der Waals surface area contributed by atoms with Gasteiger partial charge < -0.3 is 4.90 Å². The van der Waals surface area contributed by atoms with Gasteiger partial charge >= 0.3 is 0 Å². The molecule has 1 saturated heterocycles. The lowest BCUT2D eigenvalue weighted by atomic mass is 9.56. The molecule has 0 atom stereocenters. The number of carbonyl (C=O) groups excluding carboxylic acids is 1. The van der Waals surface area contributed by atoms with Crippen molar-refractivity contribution in [3.05, 3.63) is 35.4 Å². The minimum absolute atomic E-state index is 0.475. The SMILES string of the molecule is CC(C)c1ccc(C2CC3(C2)CN(C=O)C3)cc1. The molecule has 0 N–H and O–H groups in total. The van der Waals surface area contributed by atoms with Gasteiger partial charge in [0.15, 0.2) is 0 Å². The first-order valence-electron chi connectivity index (χ1n) is 6.91. The lowest BCUT2D eigenvalue weighted by Gasteiger charge is -2.58. The quantitative estimate of drug-likeness (QED) is 0.747. The lowest BCUT2D eigenvalue weighted by molar-refractivity contribution is -0.137. The number of likely N-dealkylation sites (tertiary alicyclic amines) is 1. The Morgan fingerprint density at radius 2 is 1.83 bits per heavy atom. The van der Waals surface area contributed by atoms with E-state index in [-0.39, 0.29) is 0 Å². The largest absolute Gasteiger partial charge is 0.344 e. The van der Waals surface area contributed by atoms with Crippen molar-refractivity contribution in [2.45, 2.75) is 38.5 Å². The van der Waals surface area contributed by atoms with Crippen molar-refractivity contribution in [2.24, 2.45) is 5.41 Å². The second-order valence-corrected chi connectivity index (χ2v) is 6.44. The molecular weight excluding hydrogens is 222 g/mol.